The van der Waals surface area contributed by atoms with Gasteiger partial charge in [0, 0.05) is 37.1 Å². The van der Waals surface area contributed by atoms with Gasteiger partial charge in [-0.05, 0) is 48.0 Å². The number of rotatable bonds is 1. The van der Waals surface area contributed by atoms with E-state index in [1.165, 1.54) is 31.6 Å². The van der Waals surface area contributed by atoms with E-state index in [1.54, 1.807) is 0 Å². The van der Waals surface area contributed by atoms with Crippen LogP contribution >= 0.6 is 15.9 Å². The van der Waals surface area contributed by atoms with E-state index in [2.05, 4.69) is 49.9 Å². The lowest BCUT2D eigenvalue weighted by Crippen LogP contribution is -2.52. The molecule has 0 N–H and O–H groups in total. The van der Waals surface area contributed by atoms with Gasteiger partial charge in [0.2, 0.25) is 0 Å². The molecule has 2 atom stereocenters. The zero-order chi connectivity index (χ0) is 11.1. The number of piperazine rings is 1. The SMILES string of the molecule is CN1CC2CCC(C1)N2c1ccnc(Br)c1. The van der Waals surface area contributed by atoms with E-state index < -0.39 is 0 Å². The Balaban J connectivity index is 1.91. The number of anilines is 1. The maximum absolute atomic E-state index is 4.20. The summed E-state index contributed by atoms with van der Waals surface area (Å²) in [4.78, 5) is 9.24. The molecule has 3 heterocycles. The minimum absolute atomic E-state index is 0.693. The van der Waals surface area contributed by atoms with Crippen molar-refractivity contribution in [3.8, 4) is 0 Å². The summed E-state index contributed by atoms with van der Waals surface area (Å²) in [5.41, 5.74) is 1.32. The molecule has 0 spiro atoms. The third-order valence-electron chi connectivity index (χ3n) is 3.67. The Morgan fingerprint density at radius 1 is 1.31 bits per heavy atom. The largest absolute Gasteiger partial charge is 0.363 e. The molecular weight excluding hydrogens is 266 g/mol. The van der Waals surface area contributed by atoms with Crippen LogP contribution in [0, 0.1) is 0 Å². The van der Waals surface area contributed by atoms with Gasteiger partial charge in [-0.2, -0.15) is 0 Å². The summed E-state index contributed by atoms with van der Waals surface area (Å²) in [7, 11) is 2.23. The van der Waals surface area contributed by atoms with Crippen LogP contribution in [0.25, 0.3) is 0 Å². The molecule has 16 heavy (non-hydrogen) atoms. The average molecular weight is 282 g/mol. The highest BCUT2D eigenvalue weighted by Crippen LogP contribution is 2.34. The molecule has 2 unspecified atom stereocenters. The highest BCUT2D eigenvalue weighted by molar-refractivity contribution is 9.10. The van der Waals surface area contributed by atoms with Gasteiger partial charge >= 0.3 is 0 Å². The molecule has 86 valence electrons. The van der Waals surface area contributed by atoms with Gasteiger partial charge in [-0.3, -0.25) is 0 Å². The molecule has 3 rings (SSSR count). The van der Waals surface area contributed by atoms with Crippen LogP contribution in [0.15, 0.2) is 22.9 Å². The lowest BCUT2D eigenvalue weighted by molar-refractivity contribution is 0.264. The van der Waals surface area contributed by atoms with E-state index in [0.29, 0.717) is 12.1 Å². The van der Waals surface area contributed by atoms with Crippen molar-refractivity contribution in [2.24, 2.45) is 0 Å². The van der Waals surface area contributed by atoms with Gasteiger partial charge in [0.05, 0.1) is 0 Å². The summed E-state index contributed by atoms with van der Waals surface area (Å²) in [6.45, 7) is 2.38. The number of pyridine rings is 1. The number of halogens is 1. The van der Waals surface area contributed by atoms with Crippen LogP contribution in [0.4, 0.5) is 5.69 Å². The van der Waals surface area contributed by atoms with Crippen molar-refractivity contribution in [3.63, 3.8) is 0 Å². The maximum atomic E-state index is 4.20. The van der Waals surface area contributed by atoms with Crippen molar-refractivity contribution >= 4 is 21.6 Å². The fourth-order valence-electron chi connectivity index (χ4n) is 3.09. The Morgan fingerprint density at radius 2 is 2.00 bits per heavy atom. The van der Waals surface area contributed by atoms with Crippen LogP contribution in [0.2, 0.25) is 0 Å². The molecule has 0 saturated carbocycles. The summed E-state index contributed by atoms with van der Waals surface area (Å²) in [5.74, 6) is 0. The minimum atomic E-state index is 0.693. The lowest BCUT2D eigenvalue weighted by Gasteiger charge is -2.41. The minimum Gasteiger partial charge on any atom is -0.363 e. The van der Waals surface area contributed by atoms with Crippen molar-refractivity contribution in [1.82, 2.24) is 9.88 Å². The fourth-order valence-corrected chi connectivity index (χ4v) is 3.44. The fraction of sp³-hybridized carbons (Fsp3) is 0.583. The predicted octanol–water partition coefficient (Wildman–Crippen LogP) is 2.13. The van der Waals surface area contributed by atoms with Gasteiger partial charge in [-0.1, -0.05) is 0 Å². The average Bonchev–Trinajstić information content (AvgIpc) is 2.51. The van der Waals surface area contributed by atoms with Gasteiger partial charge in [0.1, 0.15) is 4.60 Å². The molecule has 2 fully saturated rings. The molecule has 1 aromatic heterocycles. The Kier molecular flexibility index (Phi) is 2.64. The molecule has 0 radical (unpaired) electrons. The van der Waals surface area contributed by atoms with E-state index >= 15 is 0 Å². The number of hydrogen-bond acceptors (Lipinski definition) is 3. The van der Waals surface area contributed by atoms with Gasteiger partial charge in [-0.25, -0.2) is 4.98 Å². The van der Waals surface area contributed by atoms with Crippen molar-refractivity contribution in [2.75, 3.05) is 25.0 Å². The third-order valence-corrected chi connectivity index (χ3v) is 4.11. The molecule has 2 saturated heterocycles. The van der Waals surface area contributed by atoms with E-state index in [4.69, 9.17) is 0 Å². The molecule has 4 heteroatoms. The quantitative estimate of drug-likeness (QED) is 0.736. The van der Waals surface area contributed by atoms with Crippen LogP contribution in [0.5, 0.6) is 0 Å². The van der Waals surface area contributed by atoms with Crippen molar-refractivity contribution < 1.29 is 0 Å². The van der Waals surface area contributed by atoms with E-state index in [-0.39, 0.29) is 0 Å². The van der Waals surface area contributed by atoms with E-state index in [1.807, 2.05) is 6.20 Å². The zero-order valence-electron chi connectivity index (χ0n) is 9.43. The van der Waals surface area contributed by atoms with Crippen LogP contribution in [0.1, 0.15) is 12.8 Å². The first-order valence-corrected chi connectivity index (χ1v) is 6.62. The molecule has 2 aliphatic rings. The topological polar surface area (TPSA) is 19.4 Å². The summed E-state index contributed by atoms with van der Waals surface area (Å²) in [6, 6.07) is 5.65. The molecule has 3 nitrogen and oxygen atoms in total. The standard InChI is InChI=1S/C12H16BrN3/c1-15-7-10-2-3-11(8-15)16(10)9-4-5-14-12(13)6-9/h4-6,10-11H,2-3,7-8H2,1H3. The number of fused-ring (bicyclic) bond motifs is 2. The van der Waals surface area contributed by atoms with Gasteiger partial charge < -0.3 is 9.80 Å². The molecule has 2 aliphatic heterocycles. The van der Waals surface area contributed by atoms with Crippen LogP contribution < -0.4 is 4.90 Å². The molecule has 0 amide bonds. The first-order chi connectivity index (χ1) is 7.74. The van der Waals surface area contributed by atoms with Crippen LogP contribution in [-0.2, 0) is 0 Å². The molecule has 2 bridgehead atoms. The smallest absolute Gasteiger partial charge is 0.108 e. The Bertz CT molecular complexity index is 382. The number of nitrogens with zero attached hydrogens (tertiary/aromatic N) is 3. The van der Waals surface area contributed by atoms with Gasteiger partial charge in [0.15, 0.2) is 0 Å². The highest BCUT2D eigenvalue weighted by Gasteiger charge is 2.38. The number of aromatic nitrogens is 1. The Morgan fingerprint density at radius 3 is 2.62 bits per heavy atom. The number of likely N-dealkylation sites (N-methyl/N-ethyl adjacent to an activating group) is 1. The van der Waals surface area contributed by atoms with E-state index in [9.17, 15) is 0 Å². The monoisotopic (exact) mass is 281 g/mol. The van der Waals surface area contributed by atoms with Gasteiger partial charge in [0.25, 0.3) is 0 Å². The van der Waals surface area contributed by atoms with Crippen molar-refractivity contribution in [2.45, 2.75) is 24.9 Å². The Hall–Kier alpha value is -0.610. The summed E-state index contributed by atoms with van der Waals surface area (Å²) in [5, 5.41) is 0. The van der Waals surface area contributed by atoms with Crippen LogP contribution in [0.3, 0.4) is 0 Å². The first kappa shape index (κ1) is 10.5. The van der Waals surface area contributed by atoms with Crippen molar-refractivity contribution in [1.29, 1.82) is 0 Å². The molecule has 1 aromatic rings. The van der Waals surface area contributed by atoms with E-state index in [0.717, 1.165) is 4.60 Å². The second-order valence-electron chi connectivity index (χ2n) is 4.85. The third kappa shape index (κ3) is 1.74. The second kappa shape index (κ2) is 4.00. The predicted molar refractivity (Wildman–Crippen MR) is 68.7 cm³/mol. The summed E-state index contributed by atoms with van der Waals surface area (Å²) >= 11 is 3.45. The first-order valence-electron chi connectivity index (χ1n) is 5.82. The number of likely N-dealkylation sites (tertiary alicyclic amines) is 1. The summed E-state index contributed by atoms with van der Waals surface area (Å²) < 4.78 is 0.934. The summed E-state index contributed by atoms with van der Waals surface area (Å²) in [6.07, 6.45) is 4.54. The zero-order valence-corrected chi connectivity index (χ0v) is 11.0. The van der Waals surface area contributed by atoms with Gasteiger partial charge in [-0.15, -0.1) is 0 Å². The Labute approximate surface area is 105 Å². The lowest BCUT2D eigenvalue weighted by atomic mass is 10.1. The second-order valence-corrected chi connectivity index (χ2v) is 5.66. The highest BCUT2D eigenvalue weighted by atomic mass is 79.9. The maximum Gasteiger partial charge on any atom is 0.108 e. The number of hydrogen-bond donors (Lipinski definition) is 0. The normalized spacial score (nSPS) is 29.8. The van der Waals surface area contributed by atoms with Crippen LogP contribution in [-0.4, -0.2) is 42.1 Å². The molecule has 0 aromatic carbocycles. The molecular formula is C12H16BrN3. The molecule has 0 aliphatic carbocycles. The van der Waals surface area contributed by atoms with Crippen molar-refractivity contribution in [3.05, 3.63) is 22.9 Å².